The average Bonchev–Trinajstić information content (AvgIpc) is 2.98. The number of aromatic carboxylic acids is 1. The highest BCUT2D eigenvalue weighted by molar-refractivity contribution is 5.87. The molecule has 0 bridgehead atoms. The van der Waals surface area contributed by atoms with Gasteiger partial charge in [0.05, 0.1) is 11.6 Å². The Hall–Kier alpha value is -2.36. The second-order valence-corrected chi connectivity index (χ2v) is 6.95. The number of carboxylic acid groups (broad SMARTS) is 1. The number of rotatable bonds is 9. The molecule has 4 heteroatoms. The van der Waals surface area contributed by atoms with Gasteiger partial charge in [-0.2, -0.15) is 0 Å². The zero-order valence-corrected chi connectivity index (χ0v) is 15.8. The lowest BCUT2D eigenvalue weighted by Gasteiger charge is -2.22. The molecule has 1 aliphatic heterocycles. The normalized spacial score (nSPS) is 18.1. The van der Waals surface area contributed by atoms with Crippen LogP contribution >= 0.6 is 0 Å². The van der Waals surface area contributed by atoms with E-state index in [1.807, 2.05) is 17.0 Å². The van der Waals surface area contributed by atoms with Crippen molar-refractivity contribution in [3.63, 3.8) is 0 Å². The number of amides is 1. The minimum atomic E-state index is -0.918. The molecule has 2 rings (SSSR count). The summed E-state index contributed by atoms with van der Waals surface area (Å²) in [6, 6.07) is 7.05. The van der Waals surface area contributed by atoms with Crippen LogP contribution in [0.4, 0.5) is 0 Å². The highest BCUT2D eigenvalue weighted by atomic mass is 16.4. The zero-order valence-electron chi connectivity index (χ0n) is 15.8. The van der Waals surface area contributed by atoms with Crippen LogP contribution in [0.25, 0.3) is 0 Å². The molecule has 0 saturated carbocycles. The minimum absolute atomic E-state index is 0.163. The maximum atomic E-state index is 12.2. The van der Waals surface area contributed by atoms with Crippen molar-refractivity contribution in [3.05, 3.63) is 59.2 Å². The monoisotopic (exact) mass is 355 g/mol. The Labute approximate surface area is 156 Å². The average molecular weight is 355 g/mol. The fraction of sp³-hybridized carbons (Fsp3) is 0.455. The van der Waals surface area contributed by atoms with Crippen molar-refractivity contribution in [3.8, 4) is 0 Å². The van der Waals surface area contributed by atoms with Crippen LogP contribution in [0.5, 0.6) is 0 Å². The standard InChI is InChI=1S/C22H29NO3/c1-3-4-6-17(2)7-5-8-20-13-14-21(24)23(20)16-15-18-9-11-19(12-10-18)22(25)26/h5,7-12,20H,3-4,6,13-16H2,1-2H3,(H,25,26). The summed E-state index contributed by atoms with van der Waals surface area (Å²) in [6.07, 6.45) is 12.1. The molecule has 0 radical (unpaired) electrons. The van der Waals surface area contributed by atoms with Crippen molar-refractivity contribution in [2.45, 2.75) is 58.4 Å². The molecule has 140 valence electrons. The molecule has 0 aliphatic carbocycles. The molecule has 26 heavy (non-hydrogen) atoms. The summed E-state index contributed by atoms with van der Waals surface area (Å²) < 4.78 is 0. The summed E-state index contributed by atoms with van der Waals surface area (Å²) in [7, 11) is 0. The minimum Gasteiger partial charge on any atom is -0.478 e. The highest BCUT2D eigenvalue weighted by Gasteiger charge is 2.28. The number of benzene rings is 1. The molecule has 1 N–H and O–H groups in total. The Bertz CT molecular complexity index is 673. The number of hydrogen-bond acceptors (Lipinski definition) is 2. The molecule has 1 aromatic carbocycles. The third-order valence-corrected chi connectivity index (χ3v) is 4.86. The molecule has 1 fully saturated rings. The van der Waals surface area contributed by atoms with Crippen molar-refractivity contribution < 1.29 is 14.7 Å². The summed E-state index contributed by atoms with van der Waals surface area (Å²) in [5.41, 5.74) is 2.71. The first kappa shape index (κ1) is 20.0. The number of hydrogen-bond donors (Lipinski definition) is 1. The number of carbonyl (C=O) groups is 2. The van der Waals surface area contributed by atoms with Crippen molar-refractivity contribution in [1.82, 2.24) is 4.90 Å². The fourth-order valence-corrected chi connectivity index (χ4v) is 3.20. The van der Waals surface area contributed by atoms with Gasteiger partial charge in [-0.1, -0.05) is 49.3 Å². The van der Waals surface area contributed by atoms with Crippen LogP contribution in [-0.4, -0.2) is 34.5 Å². The number of carbonyl (C=O) groups excluding carboxylic acids is 1. The van der Waals surface area contributed by atoms with Gasteiger partial charge in [0.15, 0.2) is 0 Å². The van der Waals surface area contributed by atoms with E-state index in [1.54, 1.807) is 12.1 Å². The molecule has 4 nitrogen and oxygen atoms in total. The van der Waals surface area contributed by atoms with Crippen LogP contribution in [0.3, 0.4) is 0 Å². The van der Waals surface area contributed by atoms with Crippen LogP contribution in [-0.2, 0) is 11.2 Å². The fourth-order valence-electron chi connectivity index (χ4n) is 3.20. The predicted octanol–water partition coefficient (Wildman–Crippen LogP) is 4.61. The zero-order chi connectivity index (χ0) is 18.9. The van der Waals surface area contributed by atoms with E-state index in [1.165, 1.54) is 18.4 Å². The lowest BCUT2D eigenvalue weighted by Crippen LogP contribution is -2.33. The molecule has 1 amide bonds. The lowest BCUT2D eigenvalue weighted by atomic mass is 10.1. The molecule has 1 atom stereocenters. The number of carboxylic acids is 1. The van der Waals surface area contributed by atoms with E-state index in [-0.39, 0.29) is 17.5 Å². The first-order valence-electron chi connectivity index (χ1n) is 9.47. The van der Waals surface area contributed by atoms with E-state index in [4.69, 9.17) is 5.11 Å². The number of nitrogens with zero attached hydrogens (tertiary/aromatic N) is 1. The molecule has 1 saturated heterocycles. The molecular formula is C22H29NO3. The summed E-state index contributed by atoms with van der Waals surface area (Å²) >= 11 is 0. The van der Waals surface area contributed by atoms with E-state index < -0.39 is 5.97 Å². The number of likely N-dealkylation sites (tertiary alicyclic amines) is 1. The van der Waals surface area contributed by atoms with Crippen molar-refractivity contribution in [2.75, 3.05) is 6.54 Å². The van der Waals surface area contributed by atoms with E-state index in [0.717, 1.165) is 24.8 Å². The largest absolute Gasteiger partial charge is 0.478 e. The van der Waals surface area contributed by atoms with Gasteiger partial charge < -0.3 is 10.0 Å². The Kier molecular flexibility index (Phi) is 7.64. The number of allylic oxidation sites excluding steroid dienone is 3. The first-order chi connectivity index (χ1) is 12.5. The van der Waals surface area contributed by atoms with Gasteiger partial charge in [-0.05, 0) is 50.3 Å². The van der Waals surface area contributed by atoms with Gasteiger partial charge in [0.1, 0.15) is 0 Å². The van der Waals surface area contributed by atoms with Crippen molar-refractivity contribution >= 4 is 11.9 Å². The molecule has 1 aliphatic rings. The van der Waals surface area contributed by atoms with Crippen LogP contribution in [0.1, 0.15) is 61.9 Å². The highest BCUT2D eigenvalue weighted by Crippen LogP contribution is 2.21. The van der Waals surface area contributed by atoms with Crippen molar-refractivity contribution in [1.29, 1.82) is 0 Å². The van der Waals surface area contributed by atoms with Crippen LogP contribution in [0, 0.1) is 0 Å². The van der Waals surface area contributed by atoms with Gasteiger partial charge in [0.2, 0.25) is 5.91 Å². The van der Waals surface area contributed by atoms with Crippen molar-refractivity contribution in [2.24, 2.45) is 0 Å². The molecule has 1 aromatic rings. The third-order valence-electron chi connectivity index (χ3n) is 4.86. The van der Waals surface area contributed by atoms with E-state index in [2.05, 4.69) is 32.1 Å². The molecule has 0 aromatic heterocycles. The van der Waals surface area contributed by atoms with Gasteiger partial charge in [-0.15, -0.1) is 0 Å². The van der Waals surface area contributed by atoms with Crippen LogP contribution in [0.15, 0.2) is 48.1 Å². The van der Waals surface area contributed by atoms with E-state index in [0.29, 0.717) is 13.0 Å². The molecule has 0 spiro atoms. The second kappa shape index (κ2) is 9.95. The Morgan fingerprint density at radius 1 is 1.31 bits per heavy atom. The Morgan fingerprint density at radius 3 is 2.69 bits per heavy atom. The predicted molar refractivity (Wildman–Crippen MR) is 104 cm³/mol. The summed E-state index contributed by atoms with van der Waals surface area (Å²) in [4.78, 5) is 25.0. The van der Waals surface area contributed by atoms with Gasteiger partial charge in [0.25, 0.3) is 0 Å². The van der Waals surface area contributed by atoms with Crippen LogP contribution in [0.2, 0.25) is 0 Å². The maximum Gasteiger partial charge on any atom is 0.335 e. The smallest absolute Gasteiger partial charge is 0.335 e. The lowest BCUT2D eigenvalue weighted by molar-refractivity contribution is -0.128. The van der Waals surface area contributed by atoms with Crippen LogP contribution < -0.4 is 0 Å². The summed E-state index contributed by atoms with van der Waals surface area (Å²) in [6.45, 7) is 5.01. The Morgan fingerprint density at radius 2 is 2.04 bits per heavy atom. The molecular weight excluding hydrogens is 326 g/mol. The van der Waals surface area contributed by atoms with Gasteiger partial charge in [-0.25, -0.2) is 4.79 Å². The van der Waals surface area contributed by atoms with E-state index in [9.17, 15) is 9.59 Å². The third kappa shape index (κ3) is 5.87. The maximum absolute atomic E-state index is 12.2. The van der Waals surface area contributed by atoms with Gasteiger partial charge in [-0.3, -0.25) is 4.79 Å². The second-order valence-electron chi connectivity index (χ2n) is 6.95. The molecule has 1 unspecified atom stereocenters. The summed E-state index contributed by atoms with van der Waals surface area (Å²) in [5.74, 6) is -0.716. The quantitative estimate of drug-likeness (QED) is 0.658. The Balaban J connectivity index is 1.91. The number of unbranched alkanes of at least 4 members (excludes halogenated alkanes) is 1. The van der Waals surface area contributed by atoms with E-state index >= 15 is 0 Å². The van der Waals surface area contributed by atoms with Gasteiger partial charge >= 0.3 is 5.97 Å². The topological polar surface area (TPSA) is 57.6 Å². The first-order valence-corrected chi connectivity index (χ1v) is 9.47. The van der Waals surface area contributed by atoms with Gasteiger partial charge in [0, 0.05) is 13.0 Å². The summed E-state index contributed by atoms with van der Waals surface area (Å²) in [5, 5.41) is 8.95. The SMILES string of the molecule is CCCCC(C)=CC=CC1CCC(=O)N1CCc1ccc(C(=O)O)cc1. The molecule has 1 heterocycles.